The van der Waals surface area contributed by atoms with E-state index in [0.29, 0.717) is 31.5 Å². The molecule has 0 atom stereocenters. The van der Waals surface area contributed by atoms with Crippen molar-refractivity contribution in [2.75, 3.05) is 6.61 Å². The van der Waals surface area contributed by atoms with Crippen LogP contribution in [0.5, 0.6) is 11.5 Å². The molecule has 4 nitrogen and oxygen atoms in total. The summed E-state index contributed by atoms with van der Waals surface area (Å²) in [5, 5.41) is 3.33. The highest BCUT2D eigenvalue weighted by Crippen LogP contribution is 2.45. The van der Waals surface area contributed by atoms with Crippen LogP contribution in [0.15, 0.2) is 41.5 Å². The maximum Gasteiger partial charge on any atom is 0.462 e. The third-order valence-electron chi connectivity index (χ3n) is 3.83. The van der Waals surface area contributed by atoms with Crippen molar-refractivity contribution < 1.29 is 40.2 Å². The van der Waals surface area contributed by atoms with Crippen LogP contribution in [0.3, 0.4) is 0 Å². The van der Waals surface area contributed by atoms with Gasteiger partial charge in [-0.05, 0) is 53.3 Å². The molecule has 0 spiro atoms. The van der Waals surface area contributed by atoms with Gasteiger partial charge in [0.15, 0.2) is 11.5 Å². The van der Waals surface area contributed by atoms with Crippen molar-refractivity contribution >= 4 is 40.4 Å². The van der Waals surface area contributed by atoms with E-state index in [1.807, 2.05) is 22.6 Å². The van der Waals surface area contributed by atoms with E-state index >= 15 is 0 Å². The molecule has 0 heterocycles. The molecule has 0 amide bonds. The largest absolute Gasteiger partial charge is 0.490 e. The highest BCUT2D eigenvalue weighted by atomic mass is 127. The fourth-order valence-corrected chi connectivity index (χ4v) is 3.24. The molecule has 0 fully saturated rings. The summed E-state index contributed by atoms with van der Waals surface area (Å²) in [5.74, 6) is -5.84. The van der Waals surface area contributed by atoms with E-state index in [2.05, 4.69) is 5.10 Å². The van der Waals surface area contributed by atoms with Gasteiger partial charge in [-0.1, -0.05) is 29.8 Å². The summed E-state index contributed by atoms with van der Waals surface area (Å²) < 4.78 is 101. The molecule has 13 heteroatoms. The Morgan fingerprint density at radius 2 is 1.72 bits per heavy atom. The summed E-state index contributed by atoms with van der Waals surface area (Å²) in [6.45, 7) is 1.96. The Bertz CT molecular complexity index is 971. The van der Waals surface area contributed by atoms with Crippen LogP contribution in [0.2, 0.25) is 5.02 Å². The number of halogens is 9. The van der Waals surface area contributed by atoms with Gasteiger partial charge in [-0.15, -0.1) is 0 Å². The number of hydrogen-bond donors (Lipinski definition) is 1. The lowest BCUT2D eigenvalue weighted by atomic mass is 10.2. The van der Waals surface area contributed by atoms with Crippen molar-refractivity contribution in [3.05, 3.63) is 56.1 Å². The molecule has 32 heavy (non-hydrogen) atoms. The van der Waals surface area contributed by atoms with Gasteiger partial charge >= 0.3 is 18.1 Å². The summed E-state index contributed by atoms with van der Waals surface area (Å²) in [6, 6.07) is 3.98. The molecule has 2 aromatic carbocycles. The maximum absolute atomic E-state index is 13.3. The molecule has 1 N–H and O–H groups in total. The molecular formula is C19H15ClF7IN2O2. The fraction of sp³-hybridized carbons (Fsp3) is 0.316. The van der Waals surface area contributed by atoms with Crippen LogP contribution in [-0.2, 0) is 6.61 Å². The molecule has 0 aliphatic rings. The number of benzene rings is 2. The zero-order valence-corrected chi connectivity index (χ0v) is 19.0. The minimum atomic E-state index is -6.46. The normalized spacial score (nSPS) is 12.8. The highest BCUT2D eigenvalue weighted by molar-refractivity contribution is 14.1. The minimum absolute atomic E-state index is 0.0848. The van der Waals surface area contributed by atoms with Gasteiger partial charge in [0.25, 0.3) is 0 Å². The Morgan fingerprint density at radius 1 is 1.06 bits per heavy atom. The molecule has 0 aromatic heterocycles. The van der Waals surface area contributed by atoms with Gasteiger partial charge in [0, 0.05) is 10.6 Å². The van der Waals surface area contributed by atoms with E-state index in [4.69, 9.17) is 21.1 Å². The smallest absolute Gasteiger partial charge is 0.462 e. The number of rotatable bonds is 9. The van der Waals surface area contributed by atoms with Crippen molar-refractivity contribution in [2.45, 2.75) is 31.7 Å². The Morgan fingerprint density at radius 3 is 2.31 bits per heavy atom. The summed E-state index contributed by atoms with van der Waals surface area (Å²) in [5.41, 5.74) is 1.34. The van der Waals surface area contributed by atoms with Gasteiger partial charge in [0.2, 0.25) is 0 Å². The number of nitrogens with one attached hydrogen (secondary N) is 1. The summed E-state index contributed by atoms with van der Waals surface area (Å²) in [7, 11) is 0. The van der Waals surface area contributed by atoms with Crippen molar-refractivity contribution in [2.24, 2.45) is 5.10 Å². The van der Waals surface area contributed by atoms with E-state index in [9.17, 15) is 30.7 Å². The molecular weight excluding hydrogens is 584 g/mol. The molecule has 0 saturated carbocycles. The zero-order chi connectivity index (χ0) is 24.2. The van der Waals surface area contributed by atoms with Crippen molar-refractivity contribution in [1.29, 1.82) is 0 Å². The van der Waals surface area contributed by atoms with Crippen molar-refractivity contribution in [3.8, 4) is 11.5 Å². The lowest BCUT2D eigenvalue weighted by Gasteiger charge is -2.27. The van der Waals surface area contributed by atoms with Crippen LogP contribution < -0.4 is 14.9 Å². The molecule has 0 aliphatic heterocycles. The van der Waals surface area contributed by atoms with E-state index in [1.54, 1.807) is 31.2 Å². The van der Waals surface area contributed by atoms with E-state index in [0.717, 1.165) is 0 Å². The summed E-state index contributed by atoms with van der Waals surface area (Å²) in [6.07, 6.45) is -5.81. The average molecular weight is 599 g/mol. The third kappa shape index (κ3) is 6.09. The van der Waals surface area contributed by atoms with Crippen LogP contribution >= 0.6 is 34.2 Å². The molecule has 0 radical (unpaired) electrons. The van der Waals surface area contributed by atoms with Crippen LogP contribution in [0, 0.1) is 3.57 Å². The Labute approximate surface area is 196 Å². The van der Waals surface area contributed by atoms with E-state index < -0.39 is 18.1 Å². The van der Waals surface area contributed by atoms with Gasteiger partial charge < -0.3 is 9.47 Å². The minimum Gasteiger partial charge on any atom is -0.490 e. The standard InChI is InChI=1S/C19H15ClF7IN2O2/c1-2-31-15-8-11(9-29-30-19(26,27)17(21,22)18(23,24)25)7-14(28)16(15)32-10-12-5-3-4-6-13(12)20/h3-9,30H,2,10H2,1H3/b29-9-. The predicted molar refractivity (Wildman–Crippen MR) is 113 cm³/mol. The first-order valence-corrected chi connectivity index (χ1v) is 10.2. The van der Waals surface area contributed by atoms with Crippen LogP contribution in [-0.4, -0.2) is 31.0 Å². The second kappa shape index (κ2) is 10.3. The Balaban J connectivity index is 2.22. The van der Waals surface area contributed by atoms with Gasteiger partial charge in [-0.25, -0.2) is 5.43 Å². The number of nitrogens with zero attached hydrogens (tertiary/aromatic N) is 1. The second-order valence-corrected chi connectivity index (χ2v) is 7.73. The van der Waals surface area contributed by atoms with Crippen LogP contribution in [0.25, 0.3) is 0 Å². The summed E-state index contributed by atoms with van der Waals surface area (Å²) >= 11 is 7.95. The zero-order valence-electron chi connectivity index (χ0n) is 16.1. The highest BCUT2D eigenvalue weighted by Gasteiger charge is 2.73. The average Bonchev–Trinajstić information content (AvgIpc) is 2.67. The van der Waals surface area contributed by atoms with Crippen LogP contribution in [0.1, 0.15) is 18.1 Å². The van der Waals surface area contributed by atoms with Crippen LogP contribution in [0.4, 0.5) is 30.7 Å². The molecule has 0 saturated heterocycles. The Kier molecular flexibility index (Phi) is 8.48. The predicted octanol–water partition coefficient (Wildman–Crippen LogP) is 6.64. The first-order chi connectivity index (χ1) is 14.8. The lowest BCUT2D eigenvalue weighted by Crippen LogP contribution is -2.58. The topological polar surface area (TPSA) is 42.8 Å². The van der Waals surface area contributed by atoms with Gasteiger partial charge in [0.05, 0.1) is 16.4 Å². The number of hydrogen-bond acceptors (Lipinski definition) is 4. The quantitative estimate of drug-likeness (QED) is 0.116. The van der Waals surface area contributed by atoms with E-state index in [1.165, 1.54) is 12.1 Å². The van der Waals surface area contributed by atoms with Gasteiger partial charge in [-0.2, -0.15) is 35.8 Å². The van der Waals surface area contributed by atoms with Gasteiger partial charge in [-0.3, -0.25) is 0 Å². The Hall–Kier alpha value is -1.96. The molecule has 0 unspecified atom stereocenters. The fourth-order valence-electron chi connectivity index (χ4n) is 2.27. The molecule has 176 valence electrons. The number of alkyl halides is 7. The SMILES string of the molecule is CCOc1cc(/C=N\NC(F)(F)C(F)(F)C(F)(F)F)cc(I)c1OCc1ccccc1Cl. The third-order valence-corrected chi connectivity index (χ3v) is 5.00. The van der Waals surface area contributed by atoms with Crippen molar-refractivity contribution in [3.63, 3.8) is 0 Å². The first kappa shape index (κ1) is 26.3. The summed E-state index contributed by atoms with van der Waals surface area (Å²) in [4.78, 5) is 0. The number of hydrazone groups is 1. The molecule has 0 aliphatic carbocycles. The lowest BCUT2D eigenvalue weighted by molar-refractivity contribution is -0.361. The molecule has 0 bridgehead atoms. The monoisotopic (exact) mass is 598 g/mol. The van der Waals surface area contributed by atoms with Crippen molar-refractivity contribution in [1.82, 2.24) is 5.43 Å². The maximum atomic E-state index is 13.3. The first-order valence-electron chi connectivity index (χ1n) is 8.75. The number of ether oxygens (including phenoxy) is 2. The second-order valence-electron chi connectivity index (χ2n) is 6.16. The molecule has 2 rings (SSSR count). The van der Waals surface area contributed by atoms with Gasteiger partial charge in [0.1, 0.15) is 6.61 Å². The van der Waals surface area contributed by atoms with E-state index in [-0.39, 0.29) is 24.5 Å². The molecule has 2 aromatic rings.